The Morgan fingerprint density at radius 1 is 1.00 bits per heavy atom. The fourth-order valence-corrected chi connectivity index (χ4v) is 2.89. The summed E-state index contributed by atoms with van der Waals surface area (Å²) < 4.78 is 13.1. The first-order chi connectivity index (χ1) is 14.2. The molecule has 0 fully saturated rings. The molecule has 3 aromatic rings. The summed E-state index contributed by atoms with van der Waals surface area (Å²) >= 11 is 0. The maximum atomic E-state index is 5.95. The second-order valence-electron chi connectivity index (χ2n) is 6.75. The quantitative estimate of drug-likeness (QED) is 0.418. The highest BCUT2D eigenvalue weighted by Gasteiger charge is 2.12. The number of rotatable bonds is 11. The molecular formula is C21H30Cl2N6O2. The zero-order chi connectivity index (χ0) is 20.5. The highest BCUT2D eigenvalue weighted by molar-refractivity contribution is 5.85. The minimum Gasteiger partial charge on any atom is -0.493 e. The molecule has 0 spiro atoms. The second-order valence-corrected chi connectivity index (χ2v) is 6.75. The van der Waals surface area contributed by atoms with Gasteiger partial charge in [0.05, 0.1) is 12.8 Å². The molecule has 0 amide bonds. The van der Waals surface area contributed by atoms with Crippen molar-refractivity contribution < 1.29 is 9.47 Å². The molecule has 0 bridgehead atoms. The van der Waals surface area contributed by atoms with E-state index < -0.39 is 0 Å². The van der Waals surface area contributed by atoms with Crippen LogP contribution in [-0.4, -0.2) is 47.5 Å². The van der Waals surface area contributed by atoms with Crippen LogP contribution in [-0.2, 0) is 13.2 Å². The number of benzene rings is 2. The minimum atomic E-state index is 0. The molecule has 10 heteroatoms. The average molecular weight is 469 g/mol. The Hall–Kier alpha value is -2.39. The van der Waals surface area contributed by atoms with E-state index >= 15 is 0 Å². The van der Waals surface area contributed by atoms with E-state index in [-0.39, 0.29) is 31.4 Å². The first-order valence-electron chi connectivity index (χ1n) is 9.70. The molecule has 0 aliphatic carbocycles. The highest BCUT2D eigenvalue weighted by Crippen LogP contribution is 2.28. The van der Waals surface area contributed by atoms with Crippen LogP contribution in [0.1, 0.15) is 23.4 Å². The summed E-state index contributed by atoms with van der Waals surface area (Å²) in [6.45, 7) is 5.03. The molecule has 0 saturated heterocycles. The third-order valence-electron chi connectivity index (χ3n) is 4.51. The van der Waals surface area contributed by atoms with Gasteiger partial charge >= 0.3 is 0 Å². The molecule has 0 atom stereocenters. The maximum Gasteiger partial charge on any atom is 0.194 e. The van der Waals surface area contributed by atoms with Crippen LogP contribution in [0.4, 0.5) is 0 Å². The van der Waals surface area contributed by atoms with Gasteiger partial charge in [-0.3, -0.25) is 0 Å². The Bertz CT molecular complexity index is 905. The Kier molecular flexibility index (Phi) is 11.9. The molecule has 0 aliphatic heterocycles. The molecule has 170 valence electrons. The van der Waals surface area contributed by atoms with Gasteiger partial charge < -0.3 is 20.1 Å². The topological polar surface area (TPSA) is 86.1 Å². The fourth-order valence-electron chi connectivity index (χ4n) is 2.89. The molecule has 0 radical (unpaired) electrons. The average Bonchev–Trinajstić information content (AvgIpc) is 3.21. The molecular weight excluding hydrogens is 439 g/mol. The Morgan fingerprint density at radius 3 is 2.48 bits per heavy atom. The lowest BCUT2D eigenvalue weighted by atomic mass is 10.2. The predicted molar refractivity (Wildman–Crippen MR) is 126 cm³/mol. The van der Waals surface area contributed by atoms with Crippen LogP contribution in [0.2, 0.25) is 0 Å². The standard InChI is InChI=1S/C21H28N6O2.2ClH/c1-16-5-8-18(9-6-16)27-21(24-25-26-27)15-29-19-10-7-17(13-20(19)28-3)14-23-12-4-11-22-2;;/h5-10,13,22-23H,4,11-12,14-15H2,1-3H3;2*1H. The number of aryl methyl sites for hydroxylation is 1. The largest absolute Gasteiger partial charge is 0.493 e. The van der Waals surface area contributed by atoms with Gasteiger partial charge in [0, 0.05) is 6.54 Å². The summed E-state index contributed by atoms with van der Waals surface area (Å²) in [4.78, 5) is 0. The number of aromatic nitrogens is 4. The van der Waals surface area contributed by atoms with Gasteiger partial charge in [-0.1, -0.05) is 23.8 Å². The number of tetrazole rings is 1. The molecule has 8 nitrogen and oxygen atoms in total. The molecule has 31 heavy (non-hydrogen) atoms. The first kappa shape index (κ1) is 26.6. The van der Waals surface area contributed by atoms with E-state index in [2.05, 4.69) is 26.2 Å². The van der Waals surface area contributed by atoms with Gasteiger partial charge in [0.25, 0.3) is 0 Å². The van der Waals surface area contributed by atoms with Crippen molar-refractivity contribution in [2.24, 2.45) is 0 Å². The third-order valence-corrected chi connectivity index (χ3v) is 4.51. The van der Waals surface area contributed by atoms with Gasteiger partial charge in [0.2, 0.25) is 0 Å². The smallest absolute Gasteiger partial charge is 0.194 e. The summed E-state index contributed by atoms with van der Waals surface area (Å²) in [7, 11) is 3.60. The van der Waals surface area contributed by atoms with E-state index in [9.17, 15) is 0 Å². The van der Waals surface area contributed by atoms with Gasteiger partial charge in [-0.15, -0.1) is 29.9 Å². The van der Waals surface area contributed by atoms with Crippen molar-refractivity contribution in [1.82, 2.24) is 30.8 Å². The summed E-state index contributed by atoms with van der Waals surface area (Å²) in [5.41, 5.74) is 3.22. The zero-order valence-electron chi connectivity index (χ0n) is 18.0. The Balaban J connectivity index is 0.00000240. The molecule has 0 saturated carbocycles. The van der Waals surface area contributed by atoms with Crippen LogP contribution >= 0.6 is 24.8 Å². The van der Waals surface area contributed by atoms with E-state index in [4.69, 9.17) is 9.47 Å². The summed E-state index contributed by atoms with van der Waals surface area (Å²) in [6.07, 6.45) is 1.09. The maximum absolute atomic E-state index is 5.95. The lowest BCUT2D eigenvalue weighted by molar-refractivity contribution is 0.273. The number of hydrogen-bond acceptors (Lipinski definition) is 7. The molecule has 3 rings (SSSR count). The van der Waals surface area contributed by atoms with Gasteiger partial charge in [-0.2, -0.15) is 4.68 Å². The highest BCUT2D eigenvalue weighted by atomic mass is 35.5. The molecule has 1 heterocycles. The fraction of sp³-hybridized carbons (Fsp3) is 0.381. The summed E-state index contributed by atoms with van der Waals surface area (Å²) in [5.74, 6) is 1.96. The van der Waals surface area contributed by atoms with Crippen molar-refractivity contribution in [2.45, 2.75) is 26.5 Å². The molecule has 0 unspecified atom stereocenters. The molecule has 2 N–H and O–H groups in total. The third kappa shape index (κ3) is 7.66. The first-order valence-corrected chi connectivity index (χ1v) is 9.70. The zero-order valence-corrected chi connectivity index (χ0v) is 19.6. The minimum absolute atomic E-state index is 0. The van der Waals surface area contributed by atoms with E-state index in [1.54, 1.807) is 11.8 Å². The number of methoxy groups -OCH3 is 1. The van der Waals surface area contributed by atoms with E-state index in [0.29, 0.717) is 17.3 Å². The Morgan fingerprint density at radius 2 is 1.77 bits per heavy atom. The van der Waals surface area contributed by atoms with Gasteiger partial charge in [0.15, 0.2) is 23.9 Å². The van der Waals surface area contributed by atoms with Crippen LogP contribution < -0.4 is 20.1 Å². The van der Waals surface area contributed by atoms with Crippen LogP contribution in [0.5, 0.6) is 11.5 Å². The predicted octanol–water partition coefficient (Wildman–Crippen LogP) is 3.10. The van der Waals surface area contributed by atoms with Crippen molar-refractivity contribution in [3.8, 4) is 17.2 Å². The number of nitrogens with one attached hydrogen (secondary N) is 2. The summed E-state index contributed by atoms with van der Waals surface area (Å²) in [6, 6.07) is 14.0. The van der Waals surface area contributed by atoms with Crippen LogP contribution in [0, 0.1) is 6.92 Å². The van der Waals surface area contributed by atoms with Crippen molar-refractivity contribution >= 4 is 24.8 Å². The lowest BCUT2D eigenvalue weighted by Crippen LogP contribution is -2.19. The molecule has 1 aromatic heterocycles. The molecule has 2 aromatic carbocycles. The van der Waals surface area contributed by atoms with Gasteiger partial charge in [-0.25, -0.2) is 0 Å². The SMILES string of the molecule is CNCCCNCc1ccc(OCc2nnnn2-c2ccc(C)cc2)c(OC)c1.Cl.Cl. The second kappa shape index (κ2) is 13.8. The van der Waals surface area contributed by atoms with Crippen LogP contribution in [0.3, 0.4) is 0 Å². The monoisotopic (exact) mass is 468 g/mol. The van der Waals surface area contributed by atoms with Crippen molar-refractivity contribution in [3.05, 3.63) is 59.4 Å². The van der Waals surface area contributed by atoms with E-state index in [0.717, 1.165) is 37.3 Å². The lowest BCUT2D eigenvalue weighted by Gasteiger charge is -2.13. The van der Waals surface area contributed by atoms with Gasteiger partial charge in [0.1, 0.15) is 0 Å². The number of halogens is 2. The van der Waals surface area contributed by atoms with E-state index in [1.165, 1.54) is 5.56 Å². The van der Waals surface area contributed by atoms with E-state index in [1.807, 2.05) is 56.4 Å². The van der Waals surface area contributed by atoms with Crippen molar-refractivity contribution in [3.63, 3.8) is 0 Å². The Labute approximate surface area is 195 Å². The van der Waals surface area contributed by atoms with Crippen molar-refractivity contribution in [1.29, 1.82) is 0 Å². The van der Waals surface area contributed by atoms with Crippen molar-refractivity contribution in [2.75, 3.05) is 27.2 Å². The number of hydrogen-bond donors (Lipinski definition) is 2. The van der Waals surface area contributed by atoms with Gasteiger partial charge in [-0.05, 0) is 73.7 Å². The number of nitrogens with zero attached hydrogens (tertiary/aromatic N) is 4. The number of ether oxygens (including phenoxy) is 2. The van der Waals surface area contributed by atoms with Crippen LogP contribution in [0.15, 0.2) is 42.5 Å². The van der Waals surface area contributed by atoms with Crippen LogP contribution in [0.25, 0.3) is 5.69 Å². The molecule has 0 aliphatic rings. The summed E-state index contributed by atoms with van der Waals surface area (Å²) in [5, 5.41) is 18.5. The normalized spacial score (nSPS) is 10.2.